The van der Waals surface area contributed by atoms with Crippen LogP contribution in [-0.4, -0.2) is 85.8 Å². The second kappa shape index (κ2) is 73.1. The molecule has 0 aromatic heterocycles. The number of methoxy groups -OCH3 is 6. The van der Waals surface area contributed by atoms with E-state index in [2.05, 4.69) is 117 Å². The van der Waals surface area contributed by atoms with Crippen molar-refractivity contribution < 1.29 is 85.6 Å². The van der Waals surface area contributed by atoms with Gasteiger partial charge in [-0.2, -0.15) is 0 Å². The van der Waals surface area contributed by atoms with E-state index in [0.717, 1.165) is 22.3 Å². The molecule has 9 nitrogen and oxygen atoms in total. The first-order valence-electron chi connectivity index (χ1n) is 24.1. The van der Waals surface area contributed by atoms with Gasteiger partial charge < -0.3 is 53.5 Å². The summed E-state index contributed by atoms with van der Waals surface area (Å²) in [5, 5.41) is 15.3. The SMILES string of the molecule is CC.CC.CC.CC.CC.CC.CC.CC.CC1(C)c2ccccc2-c2ccccc21.CC1(C)c2ccccc2C(=O)c2ccccc21.COCO.COCO.COCOC.COCOC.[CH3-].[CH3-].[W].[W]. The van der Waals surface area contributed by atoms with Gasteiger partial charge in [-0.05, 0) is 33.4 Å². The standard InChI is InChI=1S/C16H14O.C15H14.2C3H8O2.2C2H6O2.8C2H6.2CH3.2W/c1-16(2)13-9-5-3-7-11(13)15(17)12-8-4-6-10-14(12)16;1-15(2)13-9-5-3-7-11(13)12-8-4-6-10-14(12)15;2*1-4-3-5-2;2*1-4-2-3;8*1-2;;;;/h3-10H,1-2H3;3-10H,1-2H3;2*3H2,1-2H3;2*3H,2H2,1H3;8*1-2H3;2*1H3;;/q;;;;;;;;;;;;;;2*-1;;. The number of fused-ring (bicyclic) bond motifs is 5. The van der Waals surface area contributed by atoms with Crippen LogP contribution in [0.1, 0.15) is 177 Å². The maximum absolute atomic E-state index is 12.4. The summed E-state index contributed by atoms with van der Waals surface area (Å²) in [5.74, 6) is 0.149. The summed E-state index contributed by atoms with van der Waals surface area (Å²) >= 11 is 0. The van der Waals surface area contributed by atoms with Gasteiger partial charge in [0.15, 0.2) is 5.78 Å². The quantitative estimate of drug-likeness (QED) is 0.144. The van der Waals surface area contributed by atoms with Crippen molar-refractivity contribution in [2.75, 3.05) is 69.8 Å². The van der Waals surface area contributed by atoms with E-state index in [-0.39, 0.29) is 87.2 Å². The molecule has 0 bridgehead atoms. The number of aliphatic hydroxyl groups is 2. The number of rotatable bonds is 6. The minimum atomic E-state index is -0.181. The van der Waals surface area contributed by atoms with E-state index in [1.807, 2.05) is 147 Å². The van der Waals surface area contributed by atoms with E-state index < -0.39 is 0 Å². The predicted molar refractivity (Wildman–Crippen MR) is 302 cm³/mol. The fourth-order valence-electron chi connectivity index (χ4n) is 5.65. The van der Waals surface area contributed by atoms with Crippen LogP contribution in [0, 0.1) is 14.9 Å². The molecule has 2 N–H and O–H groups in total. The van der Waals surface area contributed by atoms with Gasteiger partial charge in [-0.3, -0.25) is 4.79 Å². The smallest absolute Gasteiger partial charge is 0.193 e. The molecule has 4 aromatic rings. The molecule has 11 heteroatoms. The Morgan fingerprint density at radius 3 is 0.657 bits per heavy atom. The molecule has 0 heterocycles. The minimum Gasteiger partial charge on any atom is -0.371 e. The van der Waals surface area contributed by atoms with E-state index in [4.69, 9.17) is 10.2 Å². The molecule has 0 spiro atoms. The van der Waals surface area contributed by atoms with Gasteiger partial charge in [0, 0.05) is 107 Å². The Morgan fingerprint density at radius 1 is 0.343 bits per heavy atom. The third kappa shape index (κ3) is 39.2. The van der Waals surface area contributed by atoms with Gasteiger partial charge in [0.2, 0.25) is 0 Å². The zero-order chi connectivity index (χ0) is 53.6. The number of hydrogen-bond acceptors (Lipinski definition) is 9. The summed E-state index contributed by atoms with van der Waals surface area (Å²) in [5.41, 5.74) is 9.71. The van der Waals surface area contributed by atoms with Crippen molar-refractivity contribution in [3.05, 3.63) is 145 Å². The zero-order valence-corrected chi connectivity index (χ0v) is 56.0. The topological polar surface area (TPSA) is 113 Å². The summed E-state index contributed by atoms with van der Waals surface area (Å²) < 4.78 is 26.1. The third-order valence-electron chi connectivity index (χ3n) is 7.91. The minimum absolute atomic E-state index is 0. The van der Waals surface area contributed by atoms with Crippen molar-refractivity contribution in [2.45, 2.75) is 149 Å². The van der Waals surface area contributed by atoms with E-state index in [1.54, 1.807) is 28.4 Å². The van der Waals surface area contributed by atoms with Gasteiger partial charge in [0.1, 0.15) is 27.2 Å². The molecule has 0 unspecified atom stereocenters. The van der Waals surface area contributed by atoms with Crippen LogP contribution in [0.2, 0.25) is 0 Å². The monoisotopic (exact) mass is 1330 g/mol. The molecule has 0 fully saturated rings. The normalized spacial score (nSPS) is 10.1. The Labute approximate surface area is 464 Å². The van der Waals surface area contributed by atoms with Crippen LogP contribution in [0.3, 0.4) is 0 Å². The molecular formula is C59H110O9W2-2. The van der Waals surface area contributed by atoms with Gasteiger partial charge in [0.25, 0.3) is 0 Å². The summed E-state index contributed by atoms with van der Waals surface area (Å²) in [4.78, 5) is 12.4. The maximum Gasteiger partial charge on any atom is 0.193 e. The van der Waals surface area contributed by atoms with Gasteiger partial charge in [-0.15, -0.1) is 0 Å². The van der Waals surface area contributed by atoms with Crippen molar-refractivity contribution in [1.82, 2.24) is 0 Å². The van der Waals surface area contributed by atoms with Gasteiger partial charge >= 0.3 is 0 Å². The Kier molecular flexibility index (Phi) is 101. The summed E-state index contributed by atoms with van der Waals surface area (Å²) in [6.07, 6.45) is 0. The van der Waals surface area contributed by atoms with Crippen LogP contribution in [0.15, 0.2) is 97.1 Å². The van der Waals surface area contributed by atoms with Crippen molar-refractivity contribution in [3.8, 4) is 11.1 Å². The van der Waals surface area contributed by atoms with Crippen molar-refractivity contribution in [2.24, 2.45) is 0 Å². The summed E-state index contributed by atoms with van der Waals surface area (Å²) in [7, 11) is 9.21. The Bertz CT molecular complexity index is 1430. The first kappa shape index (κ1) is 97.0. The second-order valence-corrected chi connectivity index (χ2v) is 12.0. The van der Waals surface area contributed by atoms with Crippen LogP contribution in [-0.2, 0) is 81.4 Å². The second-order valence-electron chi connectivity index (χ2n) is 12.0. The number of hydrogen-bond donors (Lipinski definition) is 2. The molecule has 0 radical (unpaired) electrons. The van der Waals surface area contributed by atoms with Gasteiger partial charge in [-0.1, -0.05) is 236 Å². The molecule has 0 saturated heterocycles. The Morgan fingerprint density at radius 2 is 0.500 bits per heavy atom. The van der Waals surface area contributed by atoms with E-state index in [1.165, 1.54) is 36.5 Å². The first-order chi connectivity index (χ1) is 32.0. The molecular weight excluding hydrogens is 1220 g/mol. The molecule has 70 heavy (non-hydrogen) atoms. The van der Waals surface area contributed by atoms with Crippen LogP contribution in [0.25, 0.3) is 11.1 Å². The fraction of sp³-hybridized carbons (Fsp3) is 0.542. The van der Waals surface area contributed by atoms with Crippen LogP contribution in [0.5, 0.6) is 0 Å². The number of benzene rings is 4. The molecule has 0 saturated carbocycles. The number of carbonyl (C=O) groups excluding carboxylic acids is 1. The molecule has 0 aliphatic heterocycles. The molecule has 2 aliphatic rings. The number of aliphatic hydroxyl groups excluding tert-OH is 2. The van der Waals surface area contributed by atoms with Gasteiger partial charge in [-0.25, -0.2) is 0 Å². The Balaban J connectivity index is -0.0000000580. The summed E-state index contributed by atoms with van der Waals surface area (Å²) in [6.45, 7) is 41.4. The molecule has 0 amide bonds. The van der Waals surface area contributed by atoms with E-state index in [9.17, 15) is 4.79 Å². The predicted octanol–water partition coefficient (Wildman–Crippen LogP) is 16.3. The average molecular weight is 1330 g/mol. The van der Waals surface area contributed by atoms with Crippen molar-refractivity contribution in [3.63, 3.8) is 0 Å². The molecule has 414 valence electrons. The molecule has 0 atom stereocenters. The van der Waals surface area contributed by atoms with Gasteiger partial charge in [0.05, 0.1) is 0 Å². The number of ketones is 1. The fourth-order valence-corrected chi connectivity index (χ4v) is 5.65. The zero-order valence-electron chi connectivity index (χ0n) is 50.1. The van der Waals surface area contributed by atoms with Crippen molar-refractivity contribution in [1.29, 1.82) is 0 Å². The average Bonchev–Trinajstić information content (AvgIpc) is 3.65. The van der Waals surface area contributed by atoms with Crippen LogP contribution in [0.4, 0.5) is 0 Å². The van der Waals surface area contributed by atoms with Crippen LogP contribution < -0.4 is 0 Å². The molecule has 4 aromatic carbocycles. The van der Waals surface area contributed by atoms with Crippen LogP contribution >= 0.6 is 0 Å². The molecule has 6 rings (SSSR count). The maximum atomic E-state index is 12.4. The van der Waals surface area contributed by atoms with Crippen molar-refractivity contribution >= 4 is 5.78 Å². The van der Waals surface area contributed by atoms with E-state index >= 15 is 0 Å². The largest absolute Gasteiger partial charge is 0.371 e. The van der Waals surface area contributed by atoms with E-state index in [0.29, 0.717) is 13.6 Å². The first-order valence-corrected chi connectivity index (χ1v) is 24.1. The number of carbonyl (C=O) groups is 1. The third-order valence-corrected chi connectivity index (χ3v) is 7.91. The number of ether oxygens (including phenoxy) is 6. The molecule has 2 aliphatic carbocycles. The Hall–Kier alpha value is -2.39. The summed E-state index contributed by atoms with van der Waals surface area (Å²) in [6, 6.07) is 33.3.